The van der Waals surface area contributed by atoms with Crippen LogP contribution in [-0.2, 0) is 0 Å². The van der Waals surface area contributed by atoms with Crippen LogP contribution in [0.5, 0.6) is 0 Å². The summed E-state index contributed by atoms with van der Waals surface area (Å²) in [6.45, 7) is 0. The normalized spacial score (nSPS) is 11.3. The molecule has 0 unspecified atom stereocenters. The molecule has 0 spiro atoms. The maximum atomic E-state index is 5.81. The van der Waals surface area contributed by atoms with E-state index < -0.39 is 7.26 Å². The number of benzene rings is 3. The number of unbranched alkanes of at least 4 members (excludes halogenated alkanes) is 2. The molecule has 0 amide bonds. The van der Waals surface area contributed by atoms with Crippen LogP contribution < -0.4 is 28.3 Å². The monoisotopic (exact) mass is 428 g/mol. The molecule has 0 nitrogen and oxygen atoms in total. The fourth-order valence-corrected chi connectivity index (χ4v) is 7.74. The molecule has 0 fully saturated rings. The first-order valence-electron chi connectivity index (χ1n) is 9.64. The van der Waals surface area contributed by atoms with E-state index >= 15 is 0 Å². The van der Waals surface area contributed by atoms with Crippen LogP contribution in [-0.4, -0.2) is 12.0 Å². The summed E-state index contributed by atoms with van der Waals surface area (Å²) in [4.78, 5) is 0. The Morgan fingerprint density at radius 1 is 0.607 bits per heavy atom. The largest absolute Gasteiger partial charge is 1.00 e. The zero-order chi connectivity index (χ0) is 18.8. The van der Waals surface area contributed by atoms with Crippen molar-refractivity contribution in [1.29, 1.82) is 0 Å². The van der Waals surface area contributed by atoms with Gasteiger partial charge in [0.25, 0.3) is 0 Å². The topological polar surface area (TPSA) is 0 Å². The number of hydrogen-bond donors (Lipinski definition) is 0. The highest BCUT2D eigenvalue weighted by Crippen LogP contribution is 2.55. The lowest BCUT2D eigenvalue weighted by Gasteiger charge is -2.26. The van der Waals surface area contributed by atoms with Gasteiger partial charge in [-0.05, 0) is 55.7 Å². The van der Waals surface area contributed by atoms with Crippen LogP contribution in [0.4, 0.5) is 0 Å². The van der Waals surface area contributed by atoms with Crippen LogP contribution in [0.2, 0.25) is 0 Å². The van der Waals surface area contributed by atoms with Crippen LogP contribution in [0.3, 0.4) is 0 Å². The Hall–Kier alpha value is -1.59. The van der Waals surface area contributed by atoms with Crippen molar-refractivity contribution in [3.05, 3.63) is 103 Å². The van der Waals surface area contributed by atoms with Crippen molar-refractivity contribution in [3.8, 4) is 0 Å². The maximum Gasteiger partial charge on any atom is 0.115 e. The first-order valence-corrected chi connectivity index (χ1v) is 12.1. The molecule has 0 bridgehead atoms. The highest BCUT2D eigenvalue weighted by atomic mass is 35.5. The highest BCUT2D eigenvalue weighted by molar-refractivity contribution is 7.95. The van der Waals surface area contributed by atoms with Gasteiger partial charge in [-0.1, -0.05) is 66.7 Å². The van der Waals surface area contributed by atoms with Crippen LogP contribution in [0.25, 0.3) is 0 Å². The van der Waals surface area contributed by atoms with Crippen LogP contribution in [0, 0.1) is 0 Å². The Bertz CT molecular complexity index is 720. The first kappa shape index (κ1) is 22.7. The second kappa shape index (κ2) is 12.1. The molecule has 3 rings (SSSR count). The molecule has 3 heteroatoms. The molecule has 0 aliphatic heterocycles. The summed E-state index contributed by atoms with van der Waals surface area (Å²) in [7, 11) is -1.72. The average Bonchev–Trinajstić information content (AvgIpc) is 2.75. The van der Waals surface area contributed by atoms with E-state index in [0.29, 0.717) is 0 Å². The van der Waals surface area contributed by atoms with E-state index in [-0.39, 0.29) is 12.4 Å². The lowest BCUT2D eigenvalue weighted by Crippen LogP contribution is -3.00. The minimum Gasteiger partial charge on any atom is -1.00 e. The second-order valence-electron chi connectivity index (χ2n) is 6.66. The molecule has 3 aromatic rings. The standard InChI is InChI=1S/C25H27ClP.ClH/c26-21-13-2-1-3-14-22-27(23-15-7-4-8-16-23,24-17-9-5-10-18-24)25-19-11-6-12-20-25;/h3-12,14-20H,1-2,13,21-22H2;1H/q+1;/p-1. The molecule has 0 atom stereocenters. The van der Waals surface area contributed by atoms with Gasteiger partial charge in [-0.15, -0.1) is 11.6 Å². The SMILES string of the molecule is ClCCCCC=CC[P+](c1ccccc1)(c1ccccc1)c1ccccc1.[Cl-]. The maximum absolute atomic E-state index is 5.81. The summed E-state index contributed by atoms with van der Waals surface area (Å²) in [5.41, 5.74) is 0. The van der Waals surface area contributed by atoms with Crippen molar-refractivity contribution in [1.82, 2.24) is 0 Å². The van der Waals surface area contributed by atoms with Gasteiger partial charge in [0, 0.05) is 5.88 Å². The minimum absolute atomic E-state index is 0. The summed E-state index contributed by atoms with van der Waals surface area (Å²) in [6, 6.07) is 33.1. The summed E-state index contributed by atoms with van der Waals surface area (Å²) < 4.78 is 0. The van der Waals surface area contributed by atoms with E-state index in [1.54, 1.807) is 0 Å². The zero-order valence-corrected chi connectivity index (χ0v) is 18.5. The Balaban J connectivity index is 0.00000280. The van der Waals surface area contributed by atoms with E-state index in [2.05, 4.69) is 103 Å². The molecule has 0 aliphatic rings. The Morgan fingerprint density at radius 3 is 1.43 bits per heavy atom. The Morgan fingerprint density at radius 2 is 1.04 bits per heavy atom. The van der Waals surface area contributed by atoms with Gasteiger partial charge in [0.15, 0.2) is 0 Å². The predicted molar refractivity (Wildman–Crippen MR) is 124 cm³/mol. The van der Waals surface area contributed by atoms with Crippen LogP contribution in [0.1, 0.15) is 19.3 Å². The summed E-state index contributed by atoms with van der Waals surface area (Å²) in [5.74, 6) is 0.753. The van der Waals surface area contributed by atoms with E-state index in [4.69, 9.17) is 11.6 Å². The molecule has 0 aromatic heterocycles. The van der Waals surface area contributed by atoms with Crippen molar-refractivity contribution >= 4 is 34.8 Å². The second-order valence-corrected chi connectivity index (χ2v) is 10.6. The number of halogens is 2. The number of alkyl halides is 1. The molecule has 0 saturated heterocycles. The van der Waals surface area contributed by atoms with Crippen molar-refractivity contribution < 1.29 is 12.4 Å². The molecule has 0 N–H and O–H groups in total. The molecule has 0 saturated carbocycles. The van der Waals surface area contributed by atoms with Gasteiger partial charge in [-0.3, -0.25) is 0 Å². The predicted octanol–water partition coefficient (Wildman–Crippen LogP) is 2.95. The van der Waals surface area contributed by atoms with Gasteiger partial charge in [-0.25, -0.2) is 0 Å². The lowest BCUT2D eigenvalue weighted by atomic mass is 10.2. The van der Waals surface area contributed by atoms with Gasteiger partial charge in [0.1, 0.15) is 23.2 Å². The summed E-state index contributed by atoms with van der Waals surface area (Å²) in [5, 5.41) is 4.31. The Kier molecular flexibility index (Phi) is 9.79. The third kappa shape index (κ3) is 5.48. The fraction of sp³-hybridized carbons (Fsp3) is 0.200. The molecule has 0 aliphatic carbocycles. The fourth-order valence-electron chi connectivity index (χ4n) is 3.52. The van der Waals surface area contributed by atoms with Gasteiger partial charge in [0.05, 0.1) is 6.16 Å². The first-order chi connectivity index (χ1) is 13.4. The molecule has 0 heterocycles. The van der Waals surface area contributed by atoms with E-state index in [1.165, 1.54) is 15.9 Å². The summed E-state index contributed by atoms with van der Waals surface area (Å²) in [6.07, 6.45) is 9.14. The third-order valence-electron chi connectivity index (χ3n) is 4.89. The van der Waals surface area contributed by atoms with E-state index in [1.807, 2.05) is 0 Å². The number of allylic oxidation sites excluding steroid dienone is 2. The molecule has 146 valence electrons. The smallest absolute Gasteiger partial charge is 0.115 e. The van der Waals surface area contributed by atoms with E-state index in [0.717, 1.165) is 31.3 Å². The Labute approximate surface area is 181 Å². The molecular formula is C25H27Cl2P. The van der Waals surface area contributed by atoms with Gasteiger partial charge < -0.3 is 12.4 Å². The molecule has 28 heavy (non-hydrogen) atoms. The van der Waals surface area contributed by atoms with Crippen molar-refractivity contribution in [2.24, 2.45) is 0 Å². The van der Waals surface area contributed by atoms with Crippen molar-refractivity contribution in [3.63, 3.8) is 0 Å². The highest BCUT2D eigenvalue weighted by Gasteiger charge is 2.43. The quantitative estimate of drug-likeness (QED) is 0.212. The van der Waals surface area contributed by atoms with Crippen LogP contribution >= 0.6 is 18.9 Å². The summed E-state index contributed by atoms with van der Waals surface area (Å²) >= 11 is 5.81. The van der Waals surface area contributed by atoms with Crippen molar-refractivity contribution in [2.45, 2.75) is 19.3 Å². The average molecular weight is 429 g/mol. The molecule has 3 aromatic carbocycles. The van der Waals surface area contributed by atoms with Gasteiger partial charge in [0.2, 0.25) is 0 Å². The minimum atomic E-state index is -1.72. The molecule has 0 radical (unpaired) electrons. The molecular weight excluding hydrogens is 402 g/mol. The van der Waals surface area contributed by atoms with Gasteiger partial charge >= 0.3 is 0 Å². The number of hydrogen-bond acceptors (Lipinski definition) is 0. The number of rotatable bonds is 9. The van der Waals surface area contributed by atoms with Gasteiger partial charge in [-0.2, -0.15) is 0 Å². The van der Waals surface area contributed by atoms with E-state index in [9.17, 15) is 0 Å². The third-order valence-corrected chi connectivity index (χ3v) is 9.46. The lowest BCUT2D eigenvalue weighted by molar-refractivity contribution is -0.00000522. The van der Waals surface area contributed by atoms with Crippen molar-refractivity contribution in [2.75, 3.05) is 12.0 Å². The van der Waals surface area contributed by atoms with Crippen LogP contribution in [0.15, 0.2) is 103 Å². The zero-order valence-electron chi connectivity index (χ0n) is 16.1.